The number of hydrogen-bond acceptors (Lipinski definition) is 7. The van der Waals surface area contributed by atoms with Gasteiger partial charge in [0.1, 0.15) is 5.75 Å². The summed E-state index contributed by atoms with van der Waals surface area (Å²) in [5, 5.41) is 6.93. The molecule has 5 rings (SSSR count). The molecule has 0 unspecified atom stereocenters. The fourth-order valence-electron chi connectivity index (χ4n) is 4.25. The molecule has 2 heterocycles. The highest BCUT2D eigenvalue weighted by atomic mass is 16.7. The summed E-state index contributed by atoms with van der Waals surface area (Å²) in [6.07, 6.45) is 5.79. The number of amides is 1. The number of hydrogen-bond donors (Lipinski definition) is 1. The Balaban J connectivity index is 1.15. The number of rotatable bonds is 7. The summed E-state index contributed by atoms with van der Waals surface area (Å²) in [4.78, 5) is 16.9. The van der Waals surface area contributed by atoms with E-state index in [9.17, 15) is 4.79 Å². The molecule has 8 nitrogen and oxygen atoms in total. The van der Waals surface area contributed by atoms with Crippen LogP contribution in [0.2, 0.25) is 0 Å². The highest BCUT2D eigenvalue weighted by molar-refractivity contribution is 5.91. The van der Waals surface area contributed by atoms with Crippen LogP contribution in [0.25, 0.3) is 11.4 Å². The van der Waals surface area contributed by atoms with Gasteiger partial charge in [0.25, 0.3) is 5.79 Å². The van der Waals surface area contributed by atoms with Gasteiger partial charge < -0.3 is 24.1 Å². The molecule has 2 aromatic carbocycles. The third-order valence-electron chi connectivity index (χ3n) is 5.89. The number of benzene rings is 2. The van der Waals surface area contributed by atoms with Gasteiger partial charge in [0.05, 0.1) is 6.61 Å². The Kier molecular flexibility index (Phi) is 5.90. The predicted octanol–water partition coefficient (Wildman–Crippen LogP) is 5.14. The van der Waals surface area contributed by atoms with Gasteiger partial charge >= 0.3 is 0 Å². The van der Waals surface area contributed by atoms with Gasteiger partial charge in [-0.15, -0.1) is 0 Å². The molecule has 8 heteroatoms. The van der Waals surface area contributed by atoms with Gasteiger partial charge in [0.2, 0.25) is 17.6 Å². The quantitative estimate of drug-likeness (QED) is 0.534. The van der Waals surface area contributed by atoms with E-state index in [-0.39, 0.29) is 12.3 Å². The van der Waals surface area contributed by atoms with Crippen LogP contribution in [0, 0.1) is 0 Å². The van der Waals surface area contributed by atoms with Gasteiger partial charge in [0, 0.05) is 43.0 Å². The number of aryl methyl sites for hydroxylation is 1. The van der Waals surface area contributed by atoms with E-state index in [1.165, 1.54) is 6.42 Å². The second kappa shape index (κ2) is 9.13. The third-order valence-corrected chi connectivity index (χ3v) is 5.89. The SMILES string of the molecule is CCOc1ccc(-c2noc(CCC(=O)Nc3ccc4c(c3)OC3(CCCCC3)O4)n2)cc1. The van der Waals surface area contributed by atoms with E-state index in [0.29, 0.717) is 36.2 Å². The fraction of sp³-hybridized carbons (Fsp3) is 0.400. The van der Waals surface area contributed by atoms with Crippen LogP contribution in [-0.4, -0.2) is 28.4 Å². The number of fused-ring (bicyclic) bond motifs is 1. The first-order chi connectivity index (χ1) is 16.1. The Bertz CT molecular complexity index is 1120. The maximum atomic E-state index is 12.5. The van der Waals surface area contributed by atoms with Gasteiger partial charge in [-0.2, -0.15) is 4.98 Å². The summed E-state index contributed by atoms with van der Waals surface area (Å²) in [7, 11) is 0. The third kappa shape index (κ3) is 4.79. The van der Waals surface area contributed by atoms with Crippen LogP contribution < -0.4 is 19.5 Å². The van der Waals surface area contributed by atoms with Gasteiger partial charge in [-0.1, -0.05) is 11.6 Å². The Morgan fingerprint density at radius 1 is 1.06 bits per heavy atom. The van der Waals surface area contributed by atoms with E-state index in [1.54, 1.807) is 0 Å². The number of nitrogens with zero attached hydrogens (tertiary/aromatic N) is 2. The van der Waals surface area contributed by atoms with Crippen molar-refractivity contribution in [2.75, 3.05) is 11.9 Å². The molecule has 2 aliphatic rings. The molecule has 1 N–H and O–H groups in total. The molecule has 0 saturated heterocycles. The number of aromatic nitrogens is 2. The summed E-state index contributed by atoms with van der Waals surface area (Å²) in [6.45, 7) is 2.55. The van der Waals surface area contributed by atoms with E-state index in [4.69, 9.17) is 18.7 Å². The van der Waals surface area contributed by atoms with Crippen molar-refractivity contribution >= 4 is 11.6 Å². The molecule has 1 aliphatic carbocycles. The lowest BCUT2D eigenvalue weighted by molar-refractivity contribution is -0.116. The zero-order chi connectivity index (χ0) is 22.7. The first-order valence-electron chi connectivity index (χ1n) is 11.5. The number of anilines is 1. The van der Waals surface area contributed by atoms with Crippen molar-refractivity contribution in [3.8, 4) is 28.6 Å². The molecule has 1 aromatic heterocycles. The van der Waals surface area contributed by atoms with Gasteiger partial charge in [-0.05, 0) is 56.2 Å². The van der Waals surface area contributed by atoms with E-state index in [0.717, 1.165) is 42.7 Å². The minimum Gasteiger partial charge on any atom is -0.494 e. The summed E-state index contributed by atoms with van der Waals surface area (Å²) in [5.41, 5.74) is 1.50. The van der Waals surface area contributed by atoms with Crippen LogP contribution in [0.4, 0.5) is 5.69 Å². The Labute approximate surface area is 192 Å². The molecule has 1 fully saturated rings. The standard InChI is InChI=1S/C25H27N3O5/c1-2-30-19-9-6-17(7-10-19)24-27-23(33-28-24)13-12-22(29)26-18-8-11-20-21(16-18)32-25(31-20)14-4-3-5-15-25/h6-11,16H,2-5,12-15H2,1H3,(H,26,29). The van der Waals surface area contributed by atoms with Crippen LogP contribution in [0.1, 0.15) is 51.3 Å². The maximum absolute atomic E-state index is 12.5. The second-order valence-corrected chi connectivity index (χ2v) is 8.35. The zero-order valence-electron chi connectivity index (χ0n) is 18.6. The fourth-order valence-corrected chi connectivity index (χ4v) is 4.25. The maximum Gasteiger partial charge on any atom is 0.251 e. The van der Waals surface area contributed by atoms with E-state index in [2.05, 4.69) is 15.5 Å². The summed E-state index contributed by atoms with van der Waals surface area (Å²) >= 11 is 0. The summed E-state index contributed by atoms with van der Waals surface area (Å²) < 4.78 is 23.0. The molecule has 1 amide bonds. The van der Waals surface area contributed by atoms with Crippen molar-refractivity contribution in [3.63, 3.8) is 0 Å². The molecule has 3 aromatic rings. The first kappa shape index (κ1) is 21.3. The lowest BCUT2D eigenvalue weighted by Gasteiger charge is -2.31. The zero-order valence-corrected chi connectivity index (χ0v) is 18.6. The molecule has 1 saturated carbocycles. The predicted molar refractivity (Wildman–Crippen MR) is 121 cm³/mol. The van der Waals surface area contributed by atoms with Crippen molar-refractivity contribution in [2.24, 2.45) is 0 Å². The van der Waals surface area contributed by atoms with Crippen LogP contribution in [0.15, 0.2) is 47.0 Å². The Morgan fingerprint density at radius 2 is 1.85 bits per heavy atom. The van der Waals surface area contributed by atoms with Crippen LogP contribution >= 0.6 is 0 Å². The van der Waals surface area contributed by atoms with Crippen molar-refractivity contribution in [2.45, 2.75) is 57.7 Å². The molecule has 172 valence electrons. The summed E-state index contributed by atoms with van der Waals surface area (Å²) in [5.74, 6) is 2.46. The lowest BCUT2D eigenvalue weighted by atomic mass is 9.94. The molecular weight excluding hydrogens is 422 g/mol. The Hall–Kier alpha value is -3.55. The normalized spacial score (nSPS) is 16.0. The van der Waals surface area contributed by atoms with Gasteiger partial charge in [-0.25, -0.2) is 0 Å². The second-order valence-electron chi connectivity index (χ2n) is 8.35. The van der Waals surface area contributed by atoms with Crippen molar-refractivity contribution in [1.82, 2.24) is 10.1 Å². The molecule has 0 bridgehead atoms. The monoisotopic (exact) mass is 449 g/mol. The minimum absolute atomic E-state index is 0.137. The Morgan fingerprint density at radius 3 is 2.64 bits per heavy atom. The van der Waals surface area contributed by atoms with Crippen LogP contribution in [0.3, 0.4) is 0 Å². The topological polar surface area (TPSA) is 95.7 Å². The van der Waals surface area contributed by atoms with Crippen molar-refractivity contribution in [1.29, 1.82) is 0 Å². The van der Waals surface area contributed by atoms with E-state index in [1.807, 2.05) is 49.4 Å². The number of carbonyl (C=O) groups excluding carboxylic acids is 1. The molecule has 1 spiro atoms. The van der Waals surface area contributed by atoms with E-state index < -0.39 is 5.79 Å². The average Bonchev–Trinajstić information content (AvgIpc) is 3.43. The summed E-state index contributed by atoms with van der Waals surface area (Å²) in [6, 6.07) is 13.0. The van der Waals surface area contributed by atoms with Gasteiger partial charge in [-0.3, -0.25) is 4.79 Å². The highest BCUT2D eigenvalue weighted by Gasteiger charge is 2.42. The molecule has 1 aliphatic heterocycles. The van der Waals surface area contributed by atoms with Crippen molar-refractivity contribution in [3.05, 3.63) is 48.4 Å². The van der Waals surface area contributed by atoms with Gasteiger partial charge in [0.15, 0.2) is 11.5 Å². The molecule has 0 radical (unpaired) electrons. The first-order valence-corrected chi connectivity index (χ1v) is 11.5. The minimum atomic E-state index is -0.526. The van der Waals surface area contributed by atoms with Crippen LogP contribution in [0.5, 0.6) is 17.2 Å². The number of ether oxygens (including phenoxy) is 3. The highest BCUT2D eigenvalue weighted by Crippen LogP contribution is 2.46. The molecule has 0 atom stereocenters. The number of carbonyl (C=O) groups is 1. The molecular formula is C25H27N3O5. The average molecular weight is 450 g/mol. The lowest BCUT2D eigenvalue weighted by Crippen LogP contribution is -2.40. The largest absolute Gasteiger partial charge is 0.494 e. The number of nitrogens with one attached hydrogen (secondary N) is 1. The van der Waals surface area contributed by atoms with E-state index >= 15 is 0 Å². The smallest absolute Gasteiger partial charge is 0.251 e. The molecule has 33 heavy (non-hydrogen) atoms. The van der Waals surface area contributed by atoms with Crippen LogP contribution in [-0.2, 0) is 11.2 Å². The van der Waals surface area contributed by atoms with Crippen molar-refractivity contribution < 1.29 is 23.5 Å².